The highest BCUT2D eigenvalue weighted by Gasteiger charge is 2.27. The molecule has 0 bridgehead atoms. The number of fused-ring (bicyclic) bond motifs is 1. The number of hydrogen-bond donors (Lipinski definition) is 0. The van der Waals surface area contributed by atoms with Gasteiger partial charge in [0, 0.05) is 25.2 Å². The molecule has 0 aromatic heterocycles. The fourth-order valence-corrected chi connectivity index (χ4v) is 2.21. The molecule has 1 aliphatic heterocycles. The first-order chi connectivity index (χ1) is 7.20. The monoisotopic (exact) mass is 205 g/mol. The van der Waals surface area contributed by atoms with Crippen molar-refractivity contribution >= 4 is 5.69 Å². The highest BCUT2D eigenvalue weighted by Crippen LogP contribution is 2.38. The van der Waals surface area contributed by atoms with E-state index < -0.39 is 0 Å². The van der Waals surface area contributed by atoms with Crippen molar-refractivity contribution in [2.24, 2.45) is 5.92 Å². The maximum absolute atomic E-state index is 2.36. The molecule has 1 atom stereocenters. The fraction of sp³-hybridized carbons (Fsp3) is 0.571. The summed E-state index contributed by atoms with van der Waals surface area (Å²) in [5.74, 6) is 1.47. The Morgan fingerprint density at radius 1 is 1.20 bits per heavy atom. The maximum Gasteiger partial charge on any atom is 0.0399 e. The van der Waals surface area contributed by atoms with Crippen molar-refractivity contribution < 1.29 is 0 Å². The molecule has 2 rings (SSSR count). The molecule has 0 saturated carbocycles. The van der Waals surface area contributed by atoms with Gasteiger partial charge in [-0.1, -0.05) is 45.9 Å². The SMILES string of the molecule is CC.CC(C)C1CN(C)c2ccccc21. The summed E-state index contributed by atoms with van der Waals surface area (Å²) in [5, 5.41) is 0. The molecule has 0 radical (unpaired) electrons. The van der Waals surface area contributed by atoms with E-state index in [1.54, 1.807) is 0 Å². The van der Waals surface area contributed by atoms with Gasteiger partial charge in [0.15, 0.2) is 0 Å². The van der Waals surface area contributed by atoms with Crippen LogP contribution < -0.4 is 4.90 Å². The summed E-state index contributed by atoms with van der Waals surface area (Å²) in [6.45, 7) is 9.79. The standard InChI is InChI=1S/C12H17N.C2H6/c1-9(2)11-8-13(3)12-7-5-4-6-10(11)12;1-2/h4-7,9,11H,8H2,1-3H3;1-2H3. The van der Waals surface area contributed by atoms with Crippen molar-refractivity contribution in [2.45, 2.75) is 33.6 Å². The van der Waals surface area contributed by atoms with E-state index in [0.29, 0.717) is 0 Å². The van der Waals surface area contributed by atoms with Crippen LogP contribution in [0.3, 0.4) is 0 Å². The lowest BCUT2D eigenvalue weighted by Gasteiger charge is -2.15. The van der Waals surface area contributed by atoms with E-state index in [4.69, 9.17) is 0 Å². The molecule has 84 valence electrons. The molecule has 1 unspecified atom stereocenters. The summed E-state index contributed by atoms with van der Waals surface area (Å²) in [5.41, 5.74) is 2.95. The first-order valence-electron chi connectivity index (χ1n) is 6.00. The molecule has 0 aliphatic carbocycles. The Balaban J connectivity index is 0.000000531. The zero-order chi connectivity index (χ0) is 11.4. The van der Waals surface area contributed by atoms with Crippen molar-refractivity contribution in [3.05, 3.63) is 29.8 Å². The van der Waals surface area contributed by atoms with Crippen molar-refractivity contribution in [1.82, 2.24) is 0 Å². The molecular weight excluding hydrogens is 182 g/mol. The van der Waals surface area contributed by atoms with Gasteiger partial charge < -0.3 is 4.90 Å². The summed E-state index contributed by atoms with van der Waals surface area (Å²) < 4.78 is 0. The quantitative estimate of drug-likeness (QED) is 0.672. The van der Waals surface area contributed by atoms with Crippen molar-refractivity contribution in [3.63, 3.8) is 0 Å². The summed E-state index contributed by atoms with van der Waals surface area (Å²) in [7, 11) is 2.18. The Morgan fingerprint density at radius 2 is 1.80 bits per heavy atom. The maximum atomic E-state index is 2.36. The Bertz CT molecular complexity index is 304. The Kier molecular flexibility index (Phi) is 4.19. The van der Waals surface area contributed by atoms with E-state index in [9.17, 15) is 0 Å². The first kappa shape index (κ1) is 12.1. The molecule has 1 aromatic carbocycles. The third-order valence-corrected chi connectivity index (χ3v) is 3.02. The van der Waals surface area contributed by atoms with E-state index in [2.05, 4.69) is 50.1 Å². The molecule has 0 N–H and O–H groups in total. The van der Waals surface area contributed by atoms with Gasteiger partial charge in [0.25, 0.3) is 0 Å². The van der Waals surface area contributed by atoms with Gasteiger partial charge in [-0.15, -0.1) is 0 Å². The highest BCUT2D eigenvalue weighted by atomic mass is 15.1. The van der Waals surface area contributed by atoms with Gasteiger partial charge in [-0.05, 0) is 17.5 Å². The van der Waals surface area contributed by atoms with Crippen molar-refractivity contribution in [2.75, 3.05) is 18.5 Å². The predicted octanol–water partition coefficient (Wildman–Crippen LogP) is 3.90. The second-order valence-corrected chi connectivity index (χ2v) is 4.29. The highest BCUT2D eigenvalue weighted by molar-refractivity contribution is 5.59. The fourth-order valence-electron chi connectivity index (χ4n) is 2.21. The van der Waals surface area contributed by atoms with Crippen LogP contribution in [0.1, 0.15) is 39.2 Å². The summed E-state index contributed by atoms with van der Waals surface area (Å²) >= 11 is 0. The van der Waals surface area contributed by atoms with Crippen LogP contribution in [-0.4, -0.2) is 13.6 Å². The second-order valence-electron chi connectivity index (χ2n) is 4.29. The number of hydrogen-bond acceptors (Lipinski definition) is 1. The molecule has 1 aliphatic rings. The van der Waals surface area contributed by atoms with E-state index in [-0.39, 0.29) is 0 Å². The van der Waals surface area contributed by atoms with Gasteiger partial charge in [0.05, 0.1) is 0 Å². The molecule has 1 aromatic rings. The van der Waals surface area contributed by atoms with Crippen LogP contribution in [0.15, 0.2) is 24.3 Å². The van der Waals surface area contributed by atoms with Crippen LogP contribution >= 0.6 is 0 Å². The van der Waals surface area contributed by atoms with Crippen LogP contribution in [0, 0.1) is 5.92 Å². The van der Waals surface area contributed by atoms with Crippen molar-refractivity contribution in [3.8, 4) is 0 Å². The Labute approximate surface area is 94.1 Å². The van der Waals surface area contributed by atoms with Gasteiger partial charge in [-0.2, -0.15) is 0 Å². The summed E-state index contributed by atoms with van der Waals surface area (Å²) in [6.07, 6.45) is 0. The Morgan fingerprint density at radius 3 is 2.40 bits per heavy atom. The summed E-state index contributed by atoms with van der Waals surface area (Å²) in [6, 6.07) is 8.76. The van der Waals surface area contributed by atoms with Crippen LogP contribution in [-0.2, 0) is 0 Å². The molecule has 15 heavy (non-hydrogen) atoms. The average molecular weight is 205 g/mol. The molecule has 1 heterocycles. The van der Waals surface area contributed by atoms with Gasteiger partial charge in [0.1, 0.15) is 0 Å². The lowest BCUT2D eigenvalue weighted by Crippen LogP contribution is -2.17. The van der Waals surface area contributed by atoms with Gasteiger partial charge in [0.2, 0.25) is 0 Å². The van der Waals surface area contributed by atoms with Gasteiger partial charge >= 0.3 is 0 Å². The van der Waals surface area contributed by atoms with E-state index in [0.717, 1.165) is 11.8 Å². The first-order valence-corrected chi connectivity index (χ1v) is 6.00. The molecule has 1 heteroatoms. The number of benzene rings is 1. The van der Waals surface area contributed by atoms with Crippen LogP contribution in [0.25, 0.3) is 0 Å². The second kappa shape index (κ2) is 5.20. The smallest absolute Gasteiger partial charge is 0.0399 e. The minimum atomic E-state index is 0.723. The Hall–Kier alpha value is -0.980. The van der Waals surface area contributed by atoms with E-state index >= 15 is 0 Å². The van der Waals surface area contributed by atoms with Gasteiger partial charge in [-0.3, -0.25) is 0 Å². The number of anilines is 1. The minimum absolute atomic E-state index is 0.723. The third kappa shape index (κ3) is 2.34. The van der Waals surface area contributed by atoms with Crippen LogP contribution in [0.5, 0.6) is 0 Å². The number of likely N-dealkylation sites (N-methyl/N-ethyl adjacent to an activating group) is 1. The largest absolute Gasteiger partial charge is 0.374 e. The molecule has 1 nitrogen and oxygen atoms in total. The molecule has 0 fully saturated rings. The van der Waals surface area contributed by atoms with Gasteiger partial charge in [-0.25, -0.2) is 0 Å². The number of nitrogens with zero attached hydrogens (tertiary/aromatic N) is 1. The topological polar surface area (TPSA) is 3.24 Å². The number of rotatable bonds is 1. The van der Waals surface area contributed by atoms with Crippen molar-refractivity contribution in [1.29, 1.82) is 0 Å². The third-order valence-electron chi connectivity index (χ3n) is 3.02. The number of para-hydroxylation sites is 1. The molecule has 0 amide bonds. The predicted molar refractivity (Wildman–Crippen MR) is 68.6 cm³/mol. The lowest BCUT2D eigenvalue weighted by molar-refractivity contribution is 0.521. The lowest BCUT2D eigenvalue weighted by atomic mass is 9.90. The molecule has 0 saturated heterocycles. The normalized spacial score (nSPS) is 18.5. The van der Waals surface area contributed by atoms with Crippen LogP contribution in [0.4, 0.5) is 5.69 Å². The summed E-state index contributed by atoms with van der Waals surface area (Å²) in [4.78, 5) is 2.36. The minimum Gasteiger partial charge on any atom is -0.374 e. The van der Waals surface area contributed by atoms with E-state index in [1.165, 1.54) is 17.8 Å². The molecule has 0 spiro atoms. The zero-order valence-electron chi connectivity index (χ0n) is 10.6. The molecular formula is C14H23N. The average Bonchev–Trinajstić information content (AvgIpc) is 2.60. The van der Waals surface area contributed by atoms with E-state index in [1.807, 2.05) is 13.8 Å². The van der Waals surface area contributed by atoms with Crippen LogP contribution in [0.2, 0.25) is 0 Å². The zero-order valence-corrected chi connectivity index (χ0v) is 10.6.